The largest absolute Gasteiger partial charge is 0.373 e. The van der Waals surface area contributed by atoms with Crippen LogP contribution in [-0.2, 0) is 16.0 Å². The van der Waals surface area contributed by atoms with Crippen molar-refractivity contribution in [3.8, 4) is 0 Å². The number of carbonyl (C=O) groups excluding carboxylic acids is 1. The lowest BCUT2D eigenvalue weighted by atomic mass is 10.1. The van der Waals surface area contributed by atoms with Crippen LogP contribution in [0.4, 0.5) is 8.78 Å². The number of amides is 1. The third-order valence-electron chi connectivity index (χ3n) is 3.09. The van der Waals surface area contributed by atoms with Gasteiger partial charge in [0.15, 0.2) is 11.6 Å². The van der Waals surface area contributed by atoms with Crippen LogP contribution in [0, 0.1) is 11.6 Å². The van der Waals surface area contributed by atoms with Crippen molar-refractivity contribution in [2.24, 2.45) is 5.73 Å². The van der Waals surface area contributed by atoms with Gasteiger partial charge in [-0.25, -0.2) is 8.78 Å². The van der Waals surface area contributed by atoms with E-state index in [0.29, 0.717) is 31.8 Å². The molecular weight excluding hydrogens is 254 g/mol. The van der Waals surface area contributed by atoms with Crippen LogP contribution in [0.3, 0.4) is 0 Å². The summed E-state index contributed by atoms with van der Waals surface area (Å²) in [6, 6.07) is 3.49. The minimum absolute atomic E-state index is 0.0501. The molecule has 1 aromatic carbocycles. The molecule has 1 fully saturated rings. The van der Waals surface area contributed by atoms with E-state index in [2.05, 4.69) is 0 Å². The van der Waals surface area contributed by atoms with Gasteiger partial charge < -0.3 is 15.4 Å². The lowest BCUT2D eigenvalue weighted by molar-refractivity contribution is -0.137. The normalized spacial score (nSPS) is 19.5. The Kier molecular flexibility index (Phi) is 4.44. The van der Waals surface area contributed by atoms with Crippen LogP contribution in [0.15, 0.2) is 18.2 Å². The van der Waals surface area contributed by atoms with Crippen LogP contribution in [0.5, 0.6) is 0 Å². The second kappa shape index (κ2) is 6.08. The maximum atomic E-state index is 13.1. The third kappa shape index (κ3) is 3.48. The summed E-state index contributed by atoms with van der Waals surface area (Å²) in [5, 5.41) is 0. The van der Waals surface area contributed by atoms with Crippen LogP contribution < -0.4 is 5.73 Å². The number of morpholine rings is 1. The fraction of sp³-hybridized carbons (Fsp3) is 0.462. The van der Waals surface area contributed by atoms with E-state index in [9.17, 15) is 13.6 Å². The van der Waals surface area contributed by atoms with Crippen LogP contribution in [0.2, 0.25) is 0 Å². The fourth-order valence-electron chi connectivity index (χ4n) is 2.02. The van der Waals surface area contributed by atoms with Crippen molar-refractivity contribution in [3.63, 3.8) is 0 Å². The van der Waals surface area contributed by atoms with Crippen molar-refractivity contribution in [3.05, 3.63) is 35.4 Å². The Labute approximate surface area is 110 Å². The molecule has 1 aliphatic heterocycles. The van der Waals surface area contributed by atoms with Crippen molar-refractivity contribution in [2.75, 3.05) is 26.2 Å². The monoisotopic (exact) mass is 270 g/mol. The van der Waals surface area contributed by atoms with Gasteiger partial charge in [0, 0.05) is 19.6 Å². The molecule has 1 amide bonds. The van der Waals surface area contributed by atoms with Gasteiger partial charge in [-0.2, -0.15) is 0 Å². The van der Waals surface area contributed by atoms with E-state index < -0.39 is 11.6 Å². The van der Waals surface area contributed by atoms with Gasteiger partial charge in [-0.05, 0) is 17.7 Å². The first-order valence-corrected chi connectivity index (χ1v) is 6.13. The molecule has 1 heterocycles. The Morgan fingerprint density at radius 2 is 2.21 bits per heavy atom. The Hall–Kier alpha value is -1.53. The van der Waals surface area contributed by atoms with E-state index in [0.717, 1.165) is 12.1 Å². The molecule has 2 rings (SSSR count). The summed E-state index contributed by atoms with van der Waals surface area (Å²) in [6.07, 6.45) is -0.100. The molecule has 1 aromatic rings. The Morgan fingerprint density at radius 1 is 1.42 bits per heavy atom. The summed E-state index contributed by atoms with van der Waals surface area (Å²) in [5.41, 5.74) is 5.96. The number of carbonyl (C=O) groups is 1. The standard InChI is InChI=1S/C13H16F2N2O2/c14-11-2-1-9(5-12(11)15)6-13(18)17-3-4-19-10(7-16)8-17/h1-2,5,10H,3-4,6-8,16H2/t10-/m1/s1. The topological polar surface area (TPSA) is 55.6 Å². The smallest absolute Gasteiger partial charge is 0.227 e. The molecule has 0 aliphatic carbocycles. The molecule has 104 valence electrons. The lowest BCUT2D eigenvalue weighted by Gasteiger charge is -2.32. The summed E-state index contributed by atoms with van der Waals surface area (Å²) < 4.78 is 31.2. The number of rotatable bonds is 3. The van der Waals surface area contributed by atoms with Gasteiger partial charge >= 0.3 is 0 Å². The lowest BCUT2D eigenvalue weighted by Crippen LogP contribution is -2.48. The summed E-state index contributed by atoms with van der Waals surface area (Å²) in [6.45, 7) is 1.75. The molecule has 1 saturated heterocycles. The maximum Gasteiger partial charge on any atom is 0.227 e. The molecule has 0 bridgehead atoms. The van der Waals surface area contributed by atoms with Crippen LogP contribution in [0.25, 0.3) is 0 Å². The van der Waals surface area contributed by atoms with Gasteiger partial charge in [-0.3, -0.25) is 4.79 Å². The summed E-state index contributed by atoms with van der Waals surface area (Å²) in [4.78, 5) is 13.7. The van der Waals surface area contributed by atoms with Crippen molar-refractivity contribution < 1.29 is 18.3 Å². The zero-order valence-electron chi connectivity index (χ0n) is 10.4. The predicted molar refractivity (Wildman–Crippen MR) is 65.4 cm³/mol. The van der Waals surface area contributed by atoms with Crippen LogP contribution in [0.1, 0.15) is 5.56 Å². The van der Waals surface area contributed by atoms with Crippen LogP contribution >= 0.6 is 0 Å². The molecule has 2 N–H and O–H groups in total. The minimum atomic E-state index is -0.938. The van der Waals surface area contributed by atoms with E-state index in [1.54, 1.807) is 4.90 Å². The van der Waals surface area contributed by atoms with Crippen molar-refractivity contribution in [1.29, 1.82) is 0 Å². The molecule has 1 atom stereocenters. The molecule has 0 saturated carbocycles. The maximum absolute atomic E-state index is 13.1. The SMILES string of the molecule is NC[C@@H]1CN(C(=O)Cc2ccc(F)c(F)c2)CCO1. The Balaban J connectivity index is 1.98. The van der Waals surface area contributed by atoms with E-state index in [-0.39, 0.29) is 18.4 Å². The molecule has 4 nitrogen and oxygen atoms in total. The highest BCUT2D eigenvalue weighted by Crippen LogP contribution is 2.12. The van der Waals surface area contributed by atoms with Crippen molar-refractivity contribution in [2.45, 2.75) is 12.5 Å². The molecule has 0 radical (unpaired) electrons. The average Bonchev–Trinajstić information content (AvgIpc) is 2.43. The molecule has 6 heteroatoms. The predicted octanol–water partition coefficient (Wildman–Crippen LogP) is 0.693. The zero-order valence-corrected chi connectivity index (χ0v) is 10.4. The number of nitrogens with zero attached hydrogens (tertiary/aromatic N) is 1. The van der Waals surface area contributed by atoms with Gasteiger partial charge in [0.1, 0.15) is 0 Å². The second-order valence-corrected chi connectivity index (χ2v) is 4.49. The van der Waals surface area contributed by atoms with Crippen LogP contribution in [-0.4, -0.2) is 43.2 Å². The quantitative estimate of drug-likeness (QED) is 0.879. The molecule has 0 spiro atoms. The summed E-state index contributed by atoms with van der Waals surface area (Å²) in [7, 11) is 0. The Morgan fingerprint density at radius 3 is 2.89 bits per heavy atom. The number of ether oxygens (including phenoxy) is 1. The van der Waals surface area contributed by atoms with E-state index in [1.165, 1.54) is 6.07 Å². The van der Waals surface area contributed by atoms with Gasteiger partial charge in [-0.15, -0.1) is 0 Å². The first-order chi connectivity index (χ1) is 9.10. The van der Waals surface area contributed by atoms with Gasteiger partial charge in [0.05, 0.1) is 19.1 Å². The van der Waals surface area contributed by atoms with Crippen molar-refractivity contribution >= 4 is 5.91 Å². The zero-order chi connectivity index (χ0) is 13.8. The van der Waals surface area contributed by atoms with E-state index >= 15 is 0 Å². The first kappa shape index (κ1) is 13.9. The number of benzene rings is 1. The highest BCUT2D eigenvalue weighted by molar-refractivity contribution is 5.78. The molecule has 19 heavy (non-hydrogen) atoms. The number of hydrogen-bond donors (Lipinski definition) is 1. The third-order valence-corrected chi connectivity index (χ3v) is 3.09. The second-order valence-electron chi connectivity index (χ2n) is 4.49. The first-order valence-electron chi connectivity index (χ1n) is 6.13. The fourth-order valence-corrected chi connectivity index (χ4v) is 2.02. The molecule has 1 aliphatic rings. The number of halogens is 2. The number of hydrogen-bond acceptors (Lipinski definition) is 3. The van der Waals surface area contributed by atoms with E-state index in [1.807, 2.05) is 0 Å². The summed E-state index contributed by atoms with van der Waals surface area (Å²) >= 11 is 0. The number of nitrogens with two attached hydrogens (primary N) is 1. The minimum Gasteiger partial charge on any atom is -0.373 e. The van der Waals surface area contributed by atoms with Gasteiger partial charge in [0.25, 0.3) is 0 Å². The van der Waals surface area contributed by atoms with E-state index in [4.69, 9.17) is 10.5 Å². The highest BCUT2D eigenvalue weighted by Gasteiger charge is 2.23. The Bertz CT molecular complexity index is 468. The molecule has 0 unspecified atom stereocenters. The molecular formula is C13H16F2N2O2. The average molecular weight is 270 g/mol. The molecule has 0 aromatic heterocycles. The highest BCUT2D eigenvalue weighted by atomic mass is 19.2. The van der Waals surface area contributed by atoms with Gasteiger partial charge in [-0.1, -0.05) is 6.07 Å². The van der Waals surface area contributed by atoms with Gasteiger partial charge in [0.2, 0.25) is 5.91 Å². The summed E-state index contributed by atoms with van der Waals surface area (Å²) in [5.74, 6) is -1.98. The van der Waals surface area contributed by atoms with Crippen molar-refractivity contribution in [1.82, 2.24) is 4.90 Å².